The van der Waals surface area contributed by atoms with Crippen LogP contribution >= 0.6 is 0 Å². The molecule has 5 atom stereocenters. The zero-order valence-electron chi connectivity index (χ0n) is 17.2. The second-order valence-electron chi connectivity index (χ2n) is 9.05. The molecule has 2 amide bonds. The van der Waals surface area contributed by atoms with Gasteiger partial charge in [0.2, 0.25) is 5.91 Å². The number of benzene rings is 1. The van der Waals surface area contributed by atoms with Crippen molar-refractivity contribution in [3.05, 3.63) is 54.0 Å². The topological polar surface area (TPSA) is 80.6 Å². The Morgan fingerprint density at radius 1 is 1.27 bits per heavy atom. The molecule has 1 spiro atoms. The smallest absolute Gasteiger partial charge is 0.258 e. The van der Waals surface area contributed by atoms with Gasteiger partial charge in [-0.3, -0.25) is 9.59 Å². The van der Waals surface area contributed by atoms with E-state index in [9.17, 15) is 9.59 Å². The normalized spacial score (nSPS) is 30.3. The molecular formula is C24H28N2O4. The van der Waals surface area contributed by atoms with Crippen LogP contribution in [0.1, 0.15) is 55.1 Å². The molecule has 2 aromatic rings. The van der Waals surface area contributed by atoms with Crippen LogP contribution in [0.2, 0.25) is 0 Å². The molecule has 4 aliphatic rings. The van der Waals surface area contributed by atoms with Gasteiger partial charge in [0.15, 0.2) is 5.72 Å². The number of furan rings is 1. The molecule has 158 valence electrons. The van der Waals surface area contributed by atoms with Crippen molar-refractivity contribution in [1.29, 1.82) is 0 Å². The second-order valence-corrected chi connectivity index (χ2v) is 9.05. The molecular weight excluding hydrogens is 380 g/mol. The molecule has 3 fully saturated rings. The lowest BCUT2D eigenvalue weighted by molar-refractivity contribution is -0.147. The van der Waals surface area contributed by atoms with Crippen LogP contribution < -0.4 is 15.4 Å². The van der Waals surface area contributed by atoms with E-state index in [1.54, 1.807) is 12.3 Å². The molecule has 0 unspecified atom stereocenters. The highest BCUT2D eigenvalue weighted by Crippen LogP contribution is 2.52. The van der Waals surface area contributed by atoms with E-state index in [2.05, 4.69) is 10.6 Å². The first-order chi connectivity index (χ1) is 14.5. The average molecular weight is 408 g/mol. The lowest BCUT2D eigenvalue weighted by Crippen LogP contribution is -2.67. The van der Waals surface area contributed by atoms with E-state index in [4.69, 9.17) is 9.15 Å². The van der Waals surface area contributed by atoms with Crippen molar-refractivity contribution in [3.8, 4) is 5.75 Å². The number of para-hydroxylation sites is 1. The third-order valence-electron chi connectivity index (χ3n) is 7.10. The minimum atomic E-state index is -0.671. The van der Waals surface area contributed by atoms with E-state index >= 15 is 0 Å². The summed E-state index contributed by atoms with van der Waals surface area (Å²) in [6.07, 6.45) is 6.77. The molecule has 6 nitrogen and oxygen atoms in total. The zero-order valence-corrected chi connectivity index (χ0v) is 17.2. The van der Waals surface area contributed by atoms with Crippen LogP contribution in [0.25, 0.3) is 0 Å². The highest BCUT2D eigenvalue weighted by atomic mass is 16.5. The molecule has 3 aliphatic carbocycles. The summed E-state index contributed by atoms with van der Waals surface area (Å²) in [5.74, 6) is 2.01. The van der Waals surface area contributed by atoms with Gasteiger partial charge in [0.25, 0.3) is 5.91 Å². The monoisotopic (exact) mass is 408 g/mol. The van der Waals surface area contributed by atoms with Gasteiger partial charge >= 0.3 is 0 Å². The Morgan fingerprint density at radius 2 is 2.13 bits per heavy atom. The second kappa shape index (κ2) is 7.49. The highest BCUT2D eigenvalue weighted by Gasteiger charge is 2.57. The number of hydrogen-bond acceptors (Lipinski definition) is 4. The third-order valence-corrected chi connectivity index (χ3v) is 7.10. The standard InChI is InChI=1S/C24H28N2O4/c1-15(8-11-18-5-4-12-29-18)25-22(27)20-13-17-10-9-16(20)14-24(17)26-23(28)19-6-2-3-7-21(19)30-24/h2-7,12,15-17,20H,8-11,13-14H2,1H3,(H,25,27)(H,26,28)/t15-,16-,17+,20+,24+/m1/s1. The van der Waals surface area contributed by atoms with Crippen LogP contribution in [0.3, 0.4) is 0 Å². The lowest BCUT2D eigenvalue weighted by atomic mass is 9.60. The van der Waals surface area contributed by atoms with Gasteiger partial charge < -0.3 is 19.8 Å². The number of rotatable bonds is 5. The van der Waals surface area contributed by atoms with E-state index < -0.39 is 5.72 Å². The number of amides is 2. The summed E-state index contributed by atoms with van der Waals surface area (Å²) in [6.45, 7) is 2.05. The lowest BCUT2D eigenvalue weighted by Gasteiger charge is -2.55. The maximum absolute atomic E-state index is 13.0. The SMILES string of the molecule is C[C@H](CCc1ccco1)NC(=O)[C@H]1C[C@@H]2CC[C@@H]1C[C@@]21NC(=O)c2ccccc2O1. The predicted molar refractivity (Wildman–Crippen MR) is 111 cm³/mol. The van der Waals surface area contributed by atoms with Gasteiger partial charge in [-0.25, -0.2) is 0 Å². The number of hydrogen-bond donors (Lipinski definition) is 2. The summed E-state index contributed by atoms with van der Waals surface area (Å²) in [5, 5.41) is 6.36. The van der Waals surface area contributed by atoms with Gasteiger partial charge in [0, 0.05) is 30.7 Å². The Balaban J connectivity index is 1.23. The maximum atomic E-state index is 13.0. The van der Waals surface area contributed by atoms with Crippen molar-refractivity contribution >= 4 is 11.8 Å². The molecule has 6 heteroatoms. The van der Waals surface area contributed by atoms with Crippen molar-refractivity contribution in [2.45, 2.75) is 57.2 Å². The fourth-order valence-corrected chi connectivity index (χ4v) is 5.52. The molecule has 1 aromatic heterocycles. The predicted octanol–water partition coefficient (Wildman–Crippen LogP) is 3.67. The van der Waals surface area contributed by atoms with Crippen molar-refractivity contribution in [2.24, 2.45) is 17.8 Å². The van der Waals surface area contributed by atoms with E-state index in [0.29, 0.717) is 17.7 Å². The molecule has 30 heavy (non-hydrogen) atoms. The van der Waals surface area contributed by atoms with Crippen molar-refractivity contribution in [2.75, 3.05) is 0 Å². The Hall–Kier alpha value is -2.76. The van der Waals surface area contributed by atoms with Gasteiger partial charge in [-0.15, -0.1) is 0 Å². The van der Waals surface area contributed by atoms with Crippen LogP contribution in [0.15, 0.2) is 47.1 Å². The molecule has 3 saturated carbocycles. The molecule has 2 bridgehead atoms. The summed E-state index contributed by atoms with van der Waals surface area (Å²) in [6, 6.07) is 11.3. The molecule has 0 radical (unpaired) electrons. The first-order valence-corrected chi connectivity index (χ1v) is 11.0. The largest absolute Gasteiger partial charge is 0.469 e. The van der Waals surface area contributed by atoms with Crippen LogP contribution in [-0.4, -0.2) is 23.6 Å². The Bertz CT molecular complexity index is 940. The fourth-order valence-electron chi connectivity index (χ4n) is 5.52. The van der Waals surface area contributed by atoms with Gasteiger partial charge in [0.05, 0.1) is 11.8 Å². The quantitative estimate of drug-likeness (QED) is 0.791. The fraction of sp³-hybridized carbons (Fsp3) is 0.500. The van der Waals surface area contributed by atoms with Crippen molar-refractivity contribution < 1.29 is 18.7 Å². The van der Waals surface area contributed by atoms with E-state index in [1.165, 1.54) is 0 Å². The van der Waals surface area contributed by atoms with E-state index in [1.807, 2.05) is 37.3 Å². The number of nitrogens with one attached hydrogen (secondary N) is 2. The van der Waals surface area contributed by atoms with Gasteiger partial charge in [-0.1, -0.05) is 12.1 Å². The molecule has 6 rings (SSSR count). The minimum Gasteiger partial charge on any atom is -0.469 e. The number of carbonyl (C=O) groups excluding carboxylic acids is 2. The number of ether oxygens (including phenoxy) is 1. The first kappa shape index (κ1) is 19.2. The van der Waals surface area contributed by atoms with E-state index in [-0.39, 0.29) is 35.6 Å². The molecule has 0 saturated heterocycles. The molecule has 1 aromatic carbocycles. The first-order valence-electron chi connectivity index (χ1n) is 11.0. The van der Waals surface area contributed by atoms with Crippen molar-refractivity contribution in [3.63, 3.8) is 0 Å². The zero-order chi connectivity index (χ0) is 20.7. The van der Waals surface area contributed by atoms with E-state index in [0.717, 1.165) is 37.9 Å². The number of aryl methyl sites for hydroxylation is 1. The summed E-state index contributed by atoms with van der Waals surface area (Å²) >= 11 is 0. The summed E-state index contributed by atoms with van der Waals surface area (Å²) in [7, 11) is 0. The Morgan fingerprint density at radius 3 is 2.90 bits per heavy atom. The molecule has 2 N–H and O–H groups in total. The Kier molecular flexibility index (Phi) is 4.80. The van der Waals surface area contributed by atoms with Crippen LogP contribution in [-0.2, 0) is 11.2 Å². The average Bonchev–Trinajstić information content (AvgIpc) is 3.26. The minimum absolute atomic E-state index is 0.0156. The van der Waals surface area contributed by atoms with Gasteiger partial charge in [-0.05, 0) is 62.8 Å². The van der Waals surface area contributed by atoms with Crippen molar-refractivity contribution in [1.82, 2.24) is 10.6 Å². The summed E-state index contributed by atoms with van der Waals surface area (Å²) < 4.78 is 11.8. The molecule has 1 aliphatic heterocycles. The van der Waals surface area contributed by atoms with Crippen LogP contribution in [0, 0.1) is 17.8 Å². The summed E-state index contributed by atoms with van der Waals surface area (Å²) in [5.41, 5.74) is -0.0833. The number of carbonyl (C=O) groups is 2. The van der Waals surface area contributed by atoms with Crippen LogP contribution in [0.5, 0.6) is 5.75 Å². The number of fused-ring (bicyclic) bond motifs is 3. The van der Waals surface area contributed by atoms with Gasteiger partial charge in [-0.2, -0.15) is 0 Å². The molecule has 2 heterocycles. The van der Waals surface area contributed by atoms with Crippen LogP contribution in [0.4, 0.5) is 0 Å². The highest BCUT2D eigenvalue weighted by molar-refractivity contribution is 5.98. The third kappa shape index (κ3) is 3.38. The Labute approximate surface area is 176 Å². The van der Waals surface area contributed by atoms with Gasteiger partial charge in [0.1, 0.15) is 11.5 Å². The summed E-state index contributed by atoms with van der Waals surface area (Å²) in [4.78, 5) is 25.7. The maximum Gasteiger partial charge on any atom is 0.258 e.